The predicted molar refractivity (Wildman–Crippen MR) is 79.0 cm³/mol. The minimum atomic E-state index is 0.204. The Kier molecular flexibility index (Phi) is 3.00. The molecule has 4 rings (SSSR count). The summed E-state index contributed by atoms with van der Waals surface area (Å²) in [5, 5.41) is 0.964. The van der Waals surface area contributed by atoms with Crippen molar-refractivity contribution in [2.24, 2.45) is 16.7 Å². The topological polar surface area (TPSA) is 17.1 Å². The minimum absolute atomic E-state index is 0.204. The van der Waals surface area contributed by atoms with Gasteiger partial charge in [0.25, 0.3) is 0 Å². The van der Waals surface area contributed by atoms with Gasteiger partial charge in [0.15, 0.2) is 5.78 Å². The van der Waals surface area contributed by atoms with Crippen LogP contribution in [0, 0.1) is 16.7 Å². The van der Waals surface area contributed by atoms with Crippen LogP contribution in [0.25, 0.3) is 0 Å². The monoisotopic (exact) mass is 296 g/mol. The molecule has 1 nitrogen and oxygen atoms in total. The van der Waals surface area contributed by atoms with Gasteiger partial charge in [-0.15, -0.1) is 0 Å². The fourth-order valence-corrected chi connectivity index (χ4v) is 4.30. The summed E-state index contributed by atoms with van der Waals surface area (Å²) in [4.78, 5) is 12.3. The van der Waals surface area contributed by atoms with Crippen molar-refractivity contribution in [1.82, 2.24) is 0 Å². The molecule has 0 aliphatic heterocycles. The van der Waals surface area contributed by atoms with Crippen LogP contribution < -0.4 is 0 Å². The van der Waals surface area contributed by atoms with Crippen molar-refractivity contribution in [2.75, 3.05) is 0 Å². The van der Waals surface area contributed by atoms with Gasteiger partial charge in [-0.1, -0.05) is 37.0 Å². The van der Waals surface area contributed by atoms with Crippen molar-refractivity contribution < 1.29 is 4.79 Å². The van der Waals surface area contributed by atoms with Gasteiger partial charge in [0, 0.05) is 12.0 Å². The van der Waals surface area contributed by atoms with Gasteiger partial charge < -0.3 is 0 Å². The third-order valence-electron chi connectivity index (χ3n) is 5.18. The molecule has 3 aliphatic rings. The number of hydrogen-bond donors (Lipinski definition) is 0. The van der Waals surface area contributed by atoms with E-state index in [1.165, 1.54) is 19.3 Å². The number of Topliss-reactive ketones (excluding diaryl/α,β-unsaturated/α-hetero) is 1. The second kappa shape index (κ2) is 4.23. The summed E-state index contributed by atoms with van der Waals surface area (Å²) >= 11 is 11.8. The van der Waals surface area contributed by atoms with Gasteiger partial charge in [-0.3, -0.25) is 4.79 Å². The predicted octanol–water partition coefficient (Wildman–Crippen LogP) is 5.39. The Labute approximate surface area is 124 Å². The van der Waals surface area contributed by atoms with Crippen molar-refractivity contribution in [2.45, 2.75) is 39.5 Å². The molecule has 102 valence electrons. The molecule has 0 N–H and O–H groups in total. The van der Waals surface area contributed by atoms with Crippen LogP contribution in [0.15, 0.2) is 18.2 Å². The maximum Gasteiger partial charge on any atom is 0.163 e. The van der Waals surface area contributed by atoms with E-state index in [1.807, 2.05) is 0 Å². The van der Waals surface area contributed by atoms with E-state index in [2.05, 4.69) is 13.8 Å². The molecular formula is C16H18Cl2O. The highest BCUT2D eigenvalue weighted by Gasteiger charge is 2.68. The van der Waals surface area contributed by atoms with Crippen molar-refractivity contribution >= 4 is 29.0 Å². The second-order valence-electron chi connectivity index (χ2n) is 6.78. The van der Waals surface area contributed by atoms with Crippen LogP contribution in [0.2, 0.25) is 10.0 Å². The van der Waals surface area contributed by atoms with Gasteiger partial charge >= 0.3 is 0 Å². The number of hydrogen-bond acceptors (Lipinski definition) is 1. The van der Waals surface area contributed by atoms with Crippen LogP contribution in [-0.4, -0.2) is 5.78 Å². The zero-order valence-electron chi connectivity index (χ0n) is 11.3. The van der Waals surface area contributed by atoms with Gasteiger partial charge in [-0.2, -0.15) is 0 Å². The van der Waals surface area contributed by atoms with E-state index in [0.29, 0.717) is 32.9 Å². The largest absolute Gasteiger partial charge is 0.294 e. The van der Waals surface area contributed by atoms with Gasteiger partial charge in [0.2, 0.25) is 0 Å². The highest BCUT2D eigenvalue weighted by Crippen LogP contribution is 2.77. The molecule has 0 unspecified atom stereocenters. The molecule has 0 atom stereocenters. The molecular weight excluding hydrogens is 279 g/mol. The Hall–Kier alpha value is -0.530. The number of carbonyl (C=O) groups is 1. The van der Waals surface area contributed by atoms with Gasteiger partial charge in [-0.25, -0.2) is 0 Å². The van der Waals surface area contributed by atoms with Gasteiger partial charge in [-0.05, 0) is 54.2 Å². The second-order valence-corrected chi connectivity index (χ2v) is 7.59. The van der Waals surface area contributed by atoms with E-state index in [1.54, 1.807) is 18.2 Å². The lowest BCUT2D eigenvalue weighted by atomic mass is 9.31. The van der Waals surface area contributed by atoms with Crippen molar-refractivity contribution in [3.63, 3.8) is 0 Å². The summed E-state index contributed by atoms with van der Waals surface area (Å²) < 4.78 is 0. The zero-order valence-corrected chi connectivity index (χ0v) is 12.8. The van der Waals surface area contributed by atoms with Crippen LogP contribution in [0.1, 0.15) is 49.9 Å². The first-order chi connectivity index (χ1) is 8.86. The zero-order chi connectivity index (χ0) is 13.8. The van der Waals surface area contributed by atoms with Crippen molar-refractivity contribution in [1.29, 1.82) is 0 Å². The summed E-state index contributed by atoms with van der Waals surface area (Å²) in [6.45, 7) is 4.59. The lowest BCUT2D eigenvalue weighted by Crippen LogP contribution is -2.64. The van der Waals surface area contributed by atoms with Crippen molar-refractivity contribution in [3.8, 4) is 0 Å². The molecule has 0 radical (unpaired) electrons. The molecule has 3 saturated carbocycles. The maximum atomic E-state index is 12.3. The highest BCUT2D eigenvalue weighted by atomic mass is 35.5. The first kappa shape index (κ1) is 13.5. The molecule has 0 spiro atoms. The molecule has 0 saturated heterocycles. The number of ketones is 1. The standard InChI is InChI=1S/C16H18Cl2O/c1-10(2)16-7-15(8-16,9-16)6-14(19)11-3-4-12(17)13(18)5-11/h3-5,10H,6-9H2,1-2H3. The fourth-order valence-electron chi connectivity index (χ4n) is 4.00. The van der Waals surface area contributed by atoms with E-state index in [4.69, 9.17) is 23.2 Å². The summed E-state index contributed by atoms with van der Waals surface area (Å²) in [6.07, 6.45) is 4.35. The lowest BCUT2D eigenvalue weighted by Gasteiger charge is -2.73. The molecule has 0 aromatic heterocycles. The lowest BCUT2D eigenvalue weighted by molar-refractivity contribution is -0.226. The van der Waals surface area contributed by atoms with E-state index in [-0.39, 0.29) is 5.78 Å². The van der Waals surface area contributed by atoms with Gasteiger partial charge in [0.1, 0.15) is 0 Å². The van der Waals surface area contributed by atoms with Crippen LogP contribution in [-0.2, 0) is 0 Å². The molecule has 0 amide bonds. The Bertz CT molecular complexity index is 528. The summed E-state index contributed by atoms with van der Waals surface area (Å²) in [6, 6.07) is 5.17. The van der Waals surface area contributed by atoms with Crippen LogP contribution in [0.3, 0.4) is 0 Å². The first-order valence-electron chi connectivity index (χ1n) is 6.84. The Balaban J connectivity index is 1.66. The quantitative estimate of drug-likeness (QED) is 0.681. The van der Waals surface area contributed by atoms with E-state index in [0.717, 1.165) is 5.92 Å². The first-order valence-corrected chi connectivity index (χ1v) is 7.60. The molecule has 3 heteroatoms. The maximum absolute atomic E-state index is 12.3. The number of rotatable bonds is 4. The summed E-state index contributed by atoms with van der Waals surface area (Å²) in [5.41, 5.74) is 1.54. The van der Waals surface area contributed by atoms with Gasteiger partial charge in [0.05, 0.1) is 10.0 Å². The Morgan fingerprint density at radius 3 is 2.37 bits per heavy atom. The molecule has 1 aromatic rings. The minimum Gasteiger partial charge on any atom is -0.294 e. The fraction of sp³-hybridized carbons (Fsp3) is 0.562. The SMILES string of the molecule is CC(C)C12CC(CC(=O)c3ccc(Cl)c(Cl)c3)(C1)C2. The smallest absolute Gasteiger partial charge is 0.163 e. The molecule has 19 heavy (non-hydrogen) atoms. The summed E-state index contributed by atoms with van der Waals surface area (Å²) in [7, 11) is 0. The van der Waals surface area contributed by atoms with Crippen molar-refractivity contribution in [3.05, 3.63) is 33.8 Å². The average Bonchev–Trinajstić information content (AvgIpc) is 2.24. The number of halogens is 2. The molecule has 2 bridgehead atoms. The average molecular weight is 297 g/mol. The highest BCUT2D eigenvalue weighted by molar-refractivity contribution is 6.42. The van der Waals surface area contributed by atoms with E-state index >= 15 is 0 Å². The molecule has 3 fully saturated rings. The summed E-state index contributed by atoms with van der Waals surface area (Å²) in [5.74, 6) is 0.949. The Morgan fingerprint density at radius 2 is 1.84 bits per heavy atom. The number of benzene rings is 1. The molecule has 0 heterocycles. The van der Waals surface area contributed by atoms with Crippen LogP contribution in [0.5, 0.6) is 0 Å². The Morgan fingerprint density at radius 1 is 1.21 bits per heavy atom. The third kappa shape index (κ3) is 2.02. The van der Waals surface area contributed by atoms with E-state index in [9.17, 15) is 4.79 Å². The normalized spacial score (nSPS) is 31.8. The third-order valence-corrected chi connectivity index (χ3v) is 5.92. The van der Waals surface area contributed by atoms with E-state index < -0.39 is 0 Å². The van der Waals surface area contributed by atoms with Crippen LogP contribution in [0.4, 0.5) is 0 Å². The van der Waals surface area contributed by atoms with Crippen LogP contribution >= 0.6 is 23.2 Å². The molecule has 3 aliphatic carbocycles. The number of carbonyl (C=O) groups excluding carboxylic acids is 1. The molecule has 1 aromatic carbocycles.